The number of furan rings is 2. The van der Waals surface area contributed by atoms with Gasteiger partial charge >= 0.3 is 0 Å². The van der Waals surface area contributed by atoms with Crippen LogP contribution in [0.2, 0.25) is 0 Å². The van der Waals surface area contributed by atoms with Crippen LogP contribution >= 0.6 is 0 Å². The first-order chi connectivity index (χ1) is 23.8. The quantitative estimate of drug-likeness (QED) is 0.207. The predicted molar refractivity (Wildman–Crippen MR) is 193 cm³/mol. The van der Waals surface area contributed by atoms with E-state index in [2.05, 4.69) is 95.6 Å². The van der Waals surface area contributed by atoms with Crippen molar-refractivity contribution in [1.29, 1.82) is 0 Å². The molecule has 226 valence electrons. The number of hydrogen-bond acceptors (Lipinski definition) is 6. The van der Waals surface area contributed by atoms with Crippen LogP contribution in [0.25, 0.3) is 71.5 Å². The molecule has 0 fully saturated rings. The molecule has 0 radical (unpaired) electrons. The molecule has 6 aromatic carbocycles. The molecule has 0 saturated heterocycles. The van der Waals surface area contributed by atoms with Gasteiger partial charge in [0.05, 0.1) is 6.54 Å². The van der Waals surface area contributed by atoms with Crippen molar-refractivity contribution in [3.05, 3.63) is 150 Å². The molecule has 0 spiro atoms. The third-order valence-corrected chi connectivity index (χ3v) is 9.94. The van der Waals surface area contributed by atoms with Gasteiger partial charge in [-0.15, -0.1) is 0 Å². The van der Waals surface area contributed by atoms with Crippen molar-refractivity contribution >= 4 is 60.9 Å². The van der Waals surface area contributed by atoms with Crippen molar-refractivity contribution in [2.75, 3.05) is 0 Å². The van der Waals surface area contributed by atoms with Crippen LogP contribution in [-0.2, 0) is 6.54 Å². The summed E-state index contributed by atoms with van der Waals surface area (Å²) in [7, 11) is 0. The van der Waals surface area contributed by atoms with Gasteiger partial charge in [0.1, 0.15) is 34.5 Å². The highest BCUT2D eigenvalue weighted by Crippen LogP contribution is 2.47. The normalized spacial score (nSPS) is 16.3. The Balaban J connectivity index is 1.12. The Morgan fingerprint density at radius 3 is 2.25 bits per heavy atom. The minimum Gasteiger partial charge on any atom is -0.459 e. The van der Waals surface area contributed by atoms with Gasteiger partial charge in [-0.3, -0.25) is 0 Å². The van der Waals surface area contributed by atoms with Crippen LogP contribution in [0.1, 0.15) is 28.6 Å². The Hall–Kier alpha value is -6.40. The summed E-state index contributed by atoms with van der Waals surface area (Å²) in [5.41, 5.74) is 11.5. The molecule has 0 bridgehead atoms. The molecular weight excluding hydrogens is 592 g/mol. The average Bonchev–Trinajstić information content (AvgIpc) is 3.82. The lowest BCUT2D eigenvalue weighted by atomic mass is 9.97. The van der Waals surface area contributed by atoms with Crippen molar-refractivity contribution in [3.63, 3.8) is 0 Å². The Bertz CT molecular complexity index is 2770. The maximum atomic E-state index is 6.31. The number of hydrogen-bond donors (Lipinski definition) is 2. The molecule has 1 atom stereocenters. The summed E-state index contributed by atoms with van der Waals surface area (Å²) in [5, 5.41) is 12.9. The van der Waals surface area contributed by atoms with E-state index in [9.17, 15) is 0 Å². The van der Waals surface area contributed by atoms with Gasteiger partial charge in [-0.05, 0) is 57.3 Å². The number of nitrogens with one attached hydrogen (secondary N) is 2. The maximum Gasteiger partial charge on any atom is 0.159 e. The second kappa shape index (κ2) is 9.56. The molecule has 6 heteroatoms. The van der Waals surface area contributed by atoms with Gasteiger partial charge in [0.25, 0.3) is 0 Å². The highest BCUT2D eigenvalue weighted by molar-refractivity contribution is 6.30. The molecule has 4 heterocycles. The van der Waals surface area contributed by atoms with E-state index in [1.54, 1.807) is 0 Å². The van der Waals surface area contributed by atoms with Gasteiger partial charge in [-0.25, -0.2) is 9.98 Å². The van der Waals surface area contributed by atoms with Gasteiger partial charge in [-0.2, -0.15) is 0 Å². The van der Waals surface area contributed by atoms with Gasteiger partial charge in [0, 0.05) is 44.6 Å². The number of fused-ring (bicyclic) bond motifs is 9. The fraction of sp³-hybridized carbons (Fsp3) is 0.0476. The van der Waals surface area contributed by atoms with Crippen LogP contribution in [0, 0.1) is 0 Å². The number of nitrogens with zero attached hydrogens (tertiary/aromatic N) is 2. The first-order valence-corrected chi connectivity index (χ1v) is 16.2. The minimum atomic E-state index is -0.421. The molecule has 1 unspecified atom stereocenters. The number of rotatable bonds is 3. The fourth-order valence-electron chi connectivity index (χ4n) is 7.86. The topological polar surface area (TPSA) is 75.1 Å². The Kier molecular flexibility index (Phi) is 5.13. The maximum absolute atomic E-state index is 6.31. The van der Waals surface area contributed by atoms with E-state index in [-0.39, 0.29) is 0 Å². The fourth-order valence-corrected chi connectivity index (χ4v) is 7.86. The molecule has 8 aromatic rings. The van der Waals surface area contributed by atoms with E-state index in [1.165, 1.54) is 33.0 Å². The Morgan fingerprint density at radius 1 is 0.625 bits per heavy atom. The van der Waals surface area contributed by atoms with Gasteiger partial charge < -0.3 is 19.5 Å². The SMILES string of the molecule is C1=C(C2=NC(c3ccc4c(c3)-c3cccc5cccc-4c35)=NC(c3cccc4oc5ccccc5c34)N2)c2c(oc3ccccc23)CN1. The third kappa shape index (κ3) is 3.57. The predicted octanol–water partition coefficient (Wildman–Crippen LogP) is 9.72. The van der Waals surface area contributed by atoms with E-state index in [1.807, 2.05) is 42.6 Å². The van der Waals surface area contributed by atoms with Crippen LogP contribution in [0.3, 0.4) is 0 Å². The number of para-hydroxylation sites is 2. The monoisotopic (exact) mass is 618 g/mol. The van der Waals surface area contributed by atoms with Crippen molar-refractivity contribution in [3.8, 4) is 22.3 Å². The van der Waals surface area contributed by atoms with Crippen LogP contribution in [-0.4, -0.2) is 11.7 Å². The Morgan fingerprint density at radius 2 is 1.38 bits per heavy atom. The van der Waals surface area contributed by atoms with Crippen molar-refractivity contribution in [2.45, 2.75) is 12.7 Å². The summed E-state index contributed by atoms with van der Waals surface area (Å²) < 4.78 is 12.6. The van der Waals surface area contributed by atoms with E-state index in [0.717, 1.165) is 66.8 Å². The second-order valence-corrected chi connectivity index (χ2v) is 12.6. The molecule has 0 saturated carbocycles. The highest BCUT2D eigenvalue weighted by atomic mass is 16.3. The third-order valence-electron chi connectivity index (χ3n) is 9.94. The first-order valence-electron chi connectivity index (χ1n) is 16.2. The lowest BCUT2D eigenvalue weighted by Crippen LogP contribution is -2.35. The lowest BCUT2D eigenvalue weighted by molar-refractivity contribution is 0.531. The molecule has 6 nitrogen and oxygen atoms in total. The molecule has 48 heavy (non-hydrogen) atoms. The van der Waals surface area contributed by atoms with Crippen molar-refractivity contribution in [1.82, 2.24) is 10.6 Å². The summed E-state index contributed by atoms with van der Waals surface area (Å²) in [6, 6.07) is 42.3. The number of benzene rings is 6. The van der Waals surface area contributed by atoms with Gasteiger partial charge in [0.2, 0.25) is 0 Å². The second-order valence-electron chi connectivity index (χ2n) is 12.6. The van der Waals surface area contributed by atoms with Gasteiger partial charge in [-0.1, -0.05) is 97.1 Å². The molecule has 2 aliphatic heterocycles. The molecule has 2 aromatic heterocycles. The zero-order chi connectivity index (χ0) is 31.3. The summed E-state index contributed by atoms with van der Waals surface area (Å²) in [5.74, 6) is 2.30. The van der Waals surface area contributed by atoms with E-state index < -0.39 is 6.17 Å². The Labute approximate surface area is 274 Å². The molecule has 3 aliphatic rings. The number of aliphatic imine (C=N–C) groups is 2. The summed E-state index contributed by atoms with van der Waals surface area (Å²) >= 11 is 0. The van der Waals surface area contributed by atoms with Crippen LogP contribution in [0.5, 0.6) is 0 Å². The van der Waals surface area contributed by atoms with Crippen molar-refractivity contribution < 1.29 is 8.83 Å². The van der Waals surface area contributed by atoms with Crippen molar-refractivity contribution in [2.24, 2.45) is 9.98 Å². The van der Waals surface area contributed by atoms with E-state index >= 15 is 0 Å². The van der Waals surface area contributed by atoms with Crippen LogP contribution < -0.4 is 10.6 Å². The zero-order valence-corrected chi connectivity index (χ0v) is 25.6. The summed E-state index contributed by atoms with van der Waals surface area (Å²) in [6.07, 6.45) is 1.62. The zero-order valence-electron chi connectivity index (χ0n) is 25.6. The van der Waals surface area contributed by atoms with E-state index in [0.29, 0.717) is 12.4 Å². The first kappa shape index (κ1) is 25.8. The number of amidine groups is 2. The molecule has 2 N–H and O–H groups in total. The summed E-state index contributed by atoms with van der Waals surface area (Å²) in [6.45, 7) is 0.614. The van der Waals surface area contributed by atoms with Gasteiger partial charge in [0.15, 0.2) is 5.84 Å². The smallest absolute Gasteiger partial charge is 0.159 e. The highest BCUT2D eigenvalue weighted by Gasteiger charge is 2.30. The molecule has 11 rings (SSSR count). The largest absolute Gasteiger partial charge is 0.459 e. The minimum absolute atomic E-state index is 0.421. The van der Waals surface area contributed by atoms with Crippen LogP contribution in [0.4, 0.5) is 0 Å². The molecule has 1 aliphatic carbocycles. The van der Waals surface area contributed by atoms with Crippen LogP contribution in [0.15, 0.2) is 146 Å². The molecular formula is C42H26N4O2. The molecule has 0 amide bonds. The van der Waals surface area contributed by atoms with E-state index in [4.69, 9.17) is 18.8 Å². The lowest BCUT2D eigenvalue weighted by Gasteiger charge is -2.26. The average molecular weight is 619 g/mol. The standard InChI is InChI=1S/C42H26N4O2/c1-3-15-33-28(10-1)38-30(14-7-17-35(38)47-33)41-44-40(24-18-19-25-26-12-5-8-23-9-6-13-27(37(23)26)31(25)20-24)45-42(46-41)32-21-43-22-36-39(32)29-11-2-4-16-34(29)48-36/h1-21,41,43H,22H2,(H,44,45,46). The summed E-state index contributed by atoms with van der Waals surface area (Å²) in [4.78, 5) is 10.6.